The second-order valence-electron chi connectivity index (χ2n) is 4.18. The summed E-state index contributed by atoms with van der Waals surface area (Å²) in [7, 11) is 0. The van der Waals surface area contributed by atoms with Crippen LogP contribution in [0.1, 0.15) is 24.1 Å². The van der Waals surface area contributed by atoms with Crippen LogP contribution in [0.5, 0.6) is 0 Å². The maximum absolute atomic E-state index is 10.6. The standard InChI is InChI=1S/C13H15N3O3/c1-3-11-7-15-13(19-11)8-14-12-5-4-10(16(17)18)6-9(12)2/h4-7,14H,3,8H2,1-2H3. The van der Waals surface area contributed by atoms with Gasteiger partial charge in [-0.25, -0.2) is 4.98 Å². The minimum atomic E-state index is -0.404. The molecule has 0 fully saturated rings. The van der Waals surface area contributed by atoms with Crippen LogP contribution in [0.4, 0.5) is 11.4 Å². The average molecular weight is 261 g/mol. The monoisotopic (exact) mass is 261 g/mol. The molecule has 0 saturated heterocycles. The summed E-state index contributed by atoms with van der Waals surface area (Å²) in [5.41, 5.74) is 1.74. The van der Waals surface area contributed by atoms with Gasteiger partial charge in [0.15, 0.2) is 0 Å². The first-order valence-electron chi connectivity index (χ1n) is 6.02. The normalized spacial score (nSPS) is 10.4. The molecule has 6 nitrogen and oxygen atoms in total. The SMILES string of the molecule is CCc1cnc(CNc2ccc([N+](=O)[O-])cc2C)o1. The molecule has 0 spiro atoms. The lowest BCUT2D eigenvalue weighted by atomic mass is 10.2. The number of nitro benzene ring substituents is 1. The van der Waals surface area contributed by atoms with Gasteiger partial charge in [0.1, 0.15) is 5.76 Å². The van der Waals surface area contributed by atoms with Crippen LogP contribution in [0.15, 0.2) is 28.8 Å². The fourth-order valence-electron chi connectivity index (χ4n) is 1.72. The molecule has 19 heavy (non-hydrogen) atoms. The first-order chi connectivity index (χ1) is 9.10. The van der Waals surface area contributed by atoms with Crippen LogP contribution in [-0.4, -0.2) is 9.91 Å². The van der Waals surface area contributed by atoms with Crippen molar-refractivity contribution in [2.75, 3.05) is 5.32 Å². The lowest BCUT2D eigenvalue weighted by molar-refractivity contribution is -0.384. The quantitative estimate of drug-likeness (QED) is 0.660. The van der Waals surface area contributed by atoms with E-state index in [9.17, 15) is 10.1 Å². The Morgan fingerprint density at radius 1 is 1.47 bits per heavy atom. The predicted molar refractivity (Wildman–Crippen MR) is 71.0 cm³/mol. The van der Waals surface area contributed by atoms with Crippen LogP contribution in [0.3, 0.4) is 0 Å². The Morgan fingerprint density at radius 2 is 2.26 bits per heavy atom. The zero-order valence-corrected chi connectivity index (χ0v) is 10.8. The summed E-state index contributed by atoms with van der Waals surface area (Å²) in [5.74, 6) is 1.45. The van der Waals surface area contributed by atoms with Crippen molar-refractivity contribution in [3.8, 4) is 0 Å². The summed E-state index contributed by atoms with van der Waals surface area (Å²) in [6.45, 7) is 4.28. The van der Waals surface area contributed by atoms with E-state index in [2.05, 4.69) is 10.3 Å². The predicted octanol–water partition coefficient (Wildman–Crippen LogP) is 3.07. The molecule has 0 aliphatic carbocycles. The summed E-state index contributed by atoms with van der Waals surface area (Å²) >= 11 is 0. The number of non-ortho nitro benzene ring substituents is 1. The van der Waals surface area contributed by atoms with E-state index >= 15 is 0 Å². The molecule has 0 unspecified atom stereocenters. The zero-order chi connectivity index (χ0) is 13.8. The highest BCUT2D eigenvalue weighted by Gasteiger charge is 2.08. The minimum Gasteiger partial charge on any atom is -0.444 e. The number of hydrogen-bond donors (Lipinski definition) is 1. The molecule has 2 aromatic rings. The van der Waals surface area contributed by atoms with Gasteiger partial charge in [-0.2, -0.15) is 0 Å². The fourth-order valence-corrected chi connectivity index (χ4v) is 1.72. The van der Waals surface area contributed by atoms with E-state index < -0.39 is 4.92 Å². The summed E-state index contributed by atoms with van der Waals surface area (Å²) in [6, 6.07) is 4.70. The van der Waals surface area contributed by atoms with Crippen molar-refractivity contribution in [1.29, 1.82) is 0 Å². The number of nitro groups is 1. The molecule has 0 amide bonds. The molecular weight excluding hydrogens is 246 g/mol. The molecule has 0 bridgehead atoms. The third kappa shape index (κ3) is 3.09. The maximum atomic E-state index is 10.6. The summed E-state index contributed by atoms with van der Waals surface area (Å²) in [4.78, 5) is 14.4. The molecular formula is C13H15N3O3. The molecule has 0 saturated carbocycles. The van der Waals surface area contributed by atoms with Gasteiger partial charge in [-0.15, -0.1) is 0 Å². The van der Waals surface area contributed by atoms with E-state index in [1.165, 1.54) is 12.1 Å². The van der Waals surface area contributed by atoms with Crippen LogP contribution in [-0.2, 0) is 13.0 Å². The van der Waals surface area contributed by atoms with Crippen LogP contribution < -0.4 is 5.32 Å². The van der Waals surface area contributed by atoms with Gasteiger partial charge in [0, 0.05) is 24.2 Å². The molecule has 0 aliphatic heterocycles. The van der Waals surface area contributed by atoms with Crippen molar-refractivity contribution in [3.05, 3.63) is 51.7 Å². The molecule has 1 aromatic heterocycles. The second kappa shape index (κ2) is 5.51. The van der Waals surface area contributed by atoms with Crippen LogP contribution in [0, 0.1) is 17.0 Å². The third-order valence-corrected chi connectivity index (χ3v) is 2.80. The first kappa shape index (κ1) is 13.1. The number of hydrogen-bond acceptors (Lipinski definition) is 5. The van der Waals surface area contributed by atoms with E-state index in [4.69, 9.17) is 4.42 Å². The van der Waals surface area contributed by atoms with Gasteiger partial charge in [-0.1, -0.05) is 6.92 Å². The van der Waals surface area contributed by atoms with Gasteiger partial charge >= 0.3 is 0 Å². The number of rotatable bonds is 5. The topological polar surface area (TPSA) is 81.2 Å². The Kier molecular flexibility index (Phi) is 3.79. The molecule has 1 heterocycles. The molecule has 100 valence electrons. The number of nitrogens with one attached hydrogen (secondary N) is 1. The molecule has 1 aromatic carbocycles. The van der Waals surface area contributed by atoms with Gasteiger partial charge in [0.25, 0.3) is 5.69 Å². The van der Waals surface area contributed by atoms with Crippen LogP contribution >= 0.6 is 0 Å². The molecule has 0 atom stereocenters. The second-order valence-corrected chi connectivity index (χ2v) is 4.18. The summed E-state index contributed by atoms with van der Waals surface area (Å²) in [6.07, 6.45) is 2.52. The van der Waals surface area contributed by atoms with E-state index in [0.717, 1.165) is 23.4 Å². The number of aromatic nitrogens is 1. The number of anilines is 1. The van der Waals surface area contributed by atoms with Crippen molar-refractivity contribution < 1.29 is 9.34 Å². The van der Waals surface area contributed by atoms with Crippen molar-refractivity contribution >= 4 is 11.4 Å². The maximum Gasteiger partial charge on any atom is 0.269 e. The van der Waals surface area contributed by atoms with Crippen molar-refractivity contribution in [3.63, 3.8) is 0 Å². The molecule has 0 radical (unpaired) electrons. The smallest absolute Gasteiger partial charge is 0.269 e. The fraction of sp³-hybridized carbons (Fsp3) is 0.308. The van der Waals surface area contributed by atoms with Gasteiger partial charge in [-0.05, 0) is 18.6 Å². The molecule has 6 heteroatoms. The Morgan fingerprint density at radius 3 is 2.84 bits per heavy atom. The van der Waals surface area contributed by atoms with Crippen LogP contribution in [0.2, 0.25) is 0 Å². The molecule has 2 rings (SSSR count). The lowest BCUT2D eigenvalue weighted by Gasteiger charge is -2.07. The minimum absolute atomic E-state index is 0.0902. The highest BCUT2D eigenvalue weighted by atomic mass is 16.6. The van der Waals surface area contributed by atoms with E-state index in [1.807, 2.05) is 13.8 Å². The number of nitrogens with zero attached hydrogens (tertiary/aromatic N) is 2. The number of benzene rings is 1. The van der Waals surface area contributed by atoms with Crippen LogP contribution in [0.25, 0.3) is 0 Å². The molecule has 0 aliphatic rings. The average Bonchev–Trinajstić information content (AvgIpc) is 2.85. The summed E-state index contributed by atoms with van der Waals surface area (Å²) in [5, 5.41) is 13.8. The van der Waals surface area contributed by atoms with E-state index in [1.54, 1.807) is 12.3 Å². The van der Waals surface area contributed by atoms with Crippen molar-refractivity contribution in [1.82, 2.24) is 4.98 Å². The van der Waals surface area contributed by atoms with Gasteiger partial charge in [0.05, 0.1) is 17.7 Å². The Hall–Kier alpha value is -2.37. The third-order valence-electron chi connectivity index (χ3n) is 2.80. The first-order valence-corrected chi connectivity index (χ1v) is 6.02. The lowest BCUT2D eigenvalue weighted by Crippen LogP contribution is -2.01. The van der Waals surface area contributed by atoms with E-state index in [0.29, 0.717) is 12.4 Å². The Labute approximate surface area is 110 Å². The highest BCUT2D eigenvalue weighted by molar-refractivity contribution is 5.55. The van der Waals surface area contributed by atoms with Gasteiger partial charge in [-0.3, -0.25) is 10.1 Å². The highest BCUT2D eigenvalue weighted by Crippen LogP contribution is 2.21. The molecule has 1 N–H and O–H groups in total. The number of aryl methyl sites for hydroxylation is 2. The van der Waals surface area contributed by atoms with Gasteiger partial charge < -0.3 is 9.73 Å². The van der Waals surface area contributed by atoms with Gasteiger partial charge in [0.2, 0.25) is 5.89 Å². The van der Waals surface area contributed by atoms with Crippen molar-refractivity contribution in [2.45, 2.75) is 26.8 Å². The Bertz CT molecular complexity index is 593. The summed E-state index contributed by atoms with van der Waals surface area (Å²) < 4.78 is 5.47. The Balaban J connectivity index is 2.05. The number of oxazole rings is 1. The largest absolute Gasteiger partial charge is 0.444 e. The zero-order valence-electron chi connectivity index (χ0n) is 10.8. The van der Waals surface area contributed by atoms with E-state index in [-0.39, 0.29) is 5.69 Å². The van der Waals surface area contributed by atoms with Crippen molar-refractivity contribution in [2.24, 2.45) is 0 Å².